The number of rotatable bonds is 5. The second kappa shape index (κ2) is 7.75. The number of ether oxygens (including phenoxy) is 1. The number of aryl methyl sites for hydroxylation is 1. The molecule has 23 heavy (non-hydrogen) atoms. The molecule has 0 radical (unpaired) electrons. The third kappa shape index (κ3) is 4.20. The fourth-order valence-corrected chi connectivity index (χ4v) is 3.48. The highest BCUT2D eigenvalue weighted by molar-refractivity contribution is 9.11. The van der Waals surface area contributed by atoms with Gasteiger partial charge in [-0.3, -0.25) is 9.59 Å². The topological polar surface area (TPSA) is 55.4 Å². The molecule has 4 nitrogen and oxygen atoms in total. The van der Waals surface area contributed by atoms with Gasteiger partial charge in [-0.05, 0) is 81.6 Å². The van der Waals surface area contributed by atoms with Crippen molar-refractivity contribution in [3.63, 3.8) is 0 Å². The van der Waals surface area contributed by atoms with E-state index in [9.17, 15) is 9.59 Å². The van der Waals surface area contributed by atoms with E-state index in [0.717, 1.165) is 11.8 Å². The number of benzene rings is 2. The lowest BCUT2D eigenvalue weighted by molar-refractivity contribution is 0.102. The SMILES string of the molecule is CCOc1c(Br)cc(C(=O)Nc2ccc(C=O)c(C)c2)cc1Br. The first-order valence-corrected chi connectivity index (χ1v) is 8.54. The van der Waals surface area contributed by atoms with Gasteiger partial charge in [0, 0.05) is 16.8 Å². The minimum Gasteiger partial charge on any atom is -0.492 e. The Balaban J connectivity index is 2.24. The number of carbonyl (C=O) groups is 2. The lowest BCUT2D eigenvalue weighted by atomic mass is 10.1. The zero-order valence-corrected chi connectivity index (χ0v) is 15.8. The zero-order chi connectivity index (χ0) is 17.0. The highest BCUT2D eigenvalue weighted by Gasteiger charge is 2.14. The highest BCUT2D eigenvalue weighted by Crippen LogP contribution is 2.35. The van der Waals surface area contributed by atoms with Crippen LogP contribution in [0.25, 0.3) is 0 Å². The quantitative estimate of drug-likeness (QED) is 0.666. The summed E-state index contributed by atoms with van der Waals surface area (Å²) >= 11 is 6.82. The van der Waals surface area contributed by atoms with Crippen molar-refractivity contribution in [3.8, 4) is 5.75 Å². The summed E-state index contributed by atoms with van der Waals surface area (Å²) in [6, 6.07) is 8.56. The van der Waals surface area contributed by atoms with Crippen LogP contribution in [0.5, 0.6) is 5.75 Å². The van der Waals surface area contributed by atoms with Crippen molar-refractivity contribution in [2.75, 3.05) is 11.9 Å². The monoisotopic (exact) mass is 439 g/mol. The summed E-state index contributed by atoms with van der Waals surface area (Å²) in [6.07, 6.45) is 0.793. The number of halogens is 2. The molecule has 0 heterocycles. The van der Waals surface area contributed by atoms with Gasteiger partial charge in [-0.25, -0.2) is 0 Å². The van der Waals surface area contributed by atoms with E-state index >= 15 is 0 Å². The summed E-state index contributed by atoms with van der Waals surface area (Å²) in [5.41, 5.74) is 2.55. The summed E-state index contributed by atoms with van der Waals surface area (Å²) in [7, 11) is 0. The van der Waals surface area contributed by atoms with Crippen LogP contribution in [0.3, 0.4) is 0 Å². The van der Waals surface area contributed by atoms with Crippen molar-refractivity contribution in [1.82, 2.24) is 0 Å². The van der Waals surface area contributed by atoms with Gasteiger partial charge in [0.1, 0.15) is 12.0 Å². The first-order valence-electron chi connectivity index (χ1n) is 6.95. The van der Waals surface area contributed by atoms with Crippen LogP contribution in [0.4, 0.5) is 5.69 Å². The number of amides is 1. The average molecular weight is 441 g/mol. The lowest BCUT2D eigenvalue weighted by Gasteiger charge is -2.11. The van der Waals surface area contributed by atoms with E-state index in [0.29, 0.717) is 38.1 Å². The number of nitrogens with one attached hydrogen (secondary N) is 1. The van der Waals surface area contributed by atoms with E-state index in [1.165, 1.54) is 0 Å². The molecular weight excluding hydrogens is 426 g/mol. The van der Waals surface area contributed by atoms with Gasteiger partial charge in [0.05, 0.1) is 15.6 Å². The third-order valence-electron chi connectivity index (χ3n) is 3.20. The summed E-state index contributed by atoms with van der Waals surface area (Å²) in [5.74, 6) is 0.419. The van der Waals surface area contributed by atoms with Crippen LogP contribution in [0.1, 0.15) is 33.2 Å². The number of hydrogen-bond acceptors (Lipinski definition) is 3. The molecule has 0 saturated heterocycles. The second-order valence-corrected chi connectivity index (χ2v) is 6.55. The molecule has 0 fully saturated rings. The highest BCUT2D eigenvalue weighted by atomic mass is 79.9. The van der Waals surface area contributed by atoms with Gasteiger partial charge < -0.3 is 10.1 Å². The maximum Gasteiger partial charge on any atom is 0.255 e. The standard InChI is InChI=1S/C17H15Br2NO3/c1-3-23-16-14(18)7-12(8-15(16)19)17(22)20-13-5-4-11(9-21)10(2)6-13/h4-9H,3H2,1-2H3,(H,20,22). The predicted molar refractivity (Wildman–Crippen MR) is 97.5 cm³/mol. The molecule has 2 aromatic rings. The number of carbonyl (C=O) groups excluding carboxylic acids is 2. The van der Waals surface area contributed by atoms with Crippen LogP contribution in [0, 0.1) is 6.92 Å². The number of aldehydes is 1. The Kier molecular flexibility index (Phi) is 5.96. The van der Waals surface area contributed by atoms with Gasteiger partial charge in [-0.15, -0.1) is 0 Å². The Morgan fingerprint density at radius 3 is 2.39 bits per heavy atom. The minimum absolute atomic E-state index is 0.243. The van der Waals surface area contributed by atoms with Gasteiger partial charge in [0.2, 0.25) is 0 Å². The van der Waals surface area contributed by atoms with Gasteiger partial charge in [-0.1, -0.05) is 0 Å². The van der Waals surface area contributed by atoms with E-state index in [-0.39, 0.29) is 5.91 Å². The van der Waals surface area contributed by atoms with Crippen LogP contribution >= 0.6 is 31.9 Å². The first kappa shape index (κ1) is 17.7. The van der Waals surface area contributed by atoms with Crippen molar-refractivity contribution in [3.05, 3.63) is 56.0 Å². The first-order chi connectivity index (χ1) is 11.0. The van der Waals surface area contributed by atoms with Crippen molar-refractivity contribution in [1.29, 1.82) is 0 Å². The normalized spacial score (nSPS) is 10.3. The molecule has 0 aliphatic carbocycles. The summed E-state index contributed by atoms with van der Waals surface area (Å²) in [4.78, 5) is 23.2. The zero-order valence-electron chi connectivity index (χ0n) is 12.7. The summed E-state index contributed by atoms with van der Waals surface area (Å²) in [6.45, 7) is 4.25. The Morgan fingerprint density at radius 1 is 1.22 bits per heavy atom. The van der Waals surface area contributed by atoms with Crippen LogP contribution in [-0.2, 0) is 0 Å². The Labute approximate surface area is 151 Å². The van der Waals surface area contributed by atoms with Crippen molar-refractivity contribution in [2.24, 2.45) is 0 Å². The van der Waals surface area contributed by atoms with E-state index < -0.39 is 0 Å². The molecule has 0 saturated carbocycles. The average Bonchev–Trinajstić information content (AvgIpc) is 2.51. The molecule has 0 aliphatic heterocycles. The van der Waals surface area contributed by atoms with Gasteiger partial charge in [0.15, 0.2) is 0 Å². The number of hydrogen-bond donors (Lipinski definition) is 1. The summed E-state index contributed by atoms with van der Waals surface area (Å²) < 4.78 is 6.90. The van der Waals surface area contributed by atoms with Crippen LogP contribution in [0.15, 0.2) is 39.3 Å². The van der Waals surface area contributed by atoms with Crippen LogP contribution in [-0.4, -0.2) is 18.8 Å². The second-order valence-electron chi connectivity index (χ2n) is 4.85. The van der Waals surface area contributed by atoms with Crippen LogP contribution in [0.2, 0.25) is 0 Å². The molecule has 0 unspecified atom stereocenters. The molecule has 2 rings (SSSR count). The van der Waals surface area contributed by atoms with E-state index in [2.05, 4.69) is 37.2 Å². The molecule has 1 N–H and O–H groups in total. The maximum atomic E-state index is 12.4. The largest absolute Gasteiger partial charge is 0.492 e. The maximum absolute atomic E-state index is 12.4. The lowest BCUT2D eigenvalue weighted by Crippen LogP contribution is -2.12. The minimum atomic E-state index is -0.243. The van der Waals surface area contributed by atoms with Crippen LogP contribution < -0.4 is 10.1 Å². The Hall–Kier alpha value is -1.66. The van der Waals surface area contributed by atoms with E-state index in [1.807, 2.05) is 13.8 Å². The van der Waals surface area contributed by atoms with Crippen molar-refractivity contribution in [2.45, 2.75) is 13.8 Å². The molecular formula is C17H15Br2NO3. The Bertz CT molecular complexity index is 736. The van der Waals surface area contributed by atoms with Gasteiger partial charge in [0.25, 0.3) is 5.91 Å². The molecule has 0 atom stereocenters. The molecule has 0 aromatic heterocycles. The smallest absolute Gasteiger partial charge is 0.255 e. The molecule has 0 bridgehead atoms. The van der Waals surface area contributed by atoms with Crippen molar-refractivity contribution < 1.29 is 14.3 Å². The molecule has 1 amide bonds. The Morgan fingerprint density at radius 2 is 1.87 bits per heavy atom. The van der Waals surface area contributed by atoms with Crippen molar-refractivity contribution >= 4 is 49.7 Å². The molecule has 120 valence electrons. The fraction of sp³-hybridized carbons (Fsp3) is 0.176. The number of anilines is 1. The van der Waals surface area contributed by atoms with Gasteiger partial charge in [-0.2, -0.15) is 0 Å². The molecule has 0 spiro atoms. The molecule has 2 aromatic carbocycles. The van der Waals surface area contributed by atoms with Gasteiger partial charge >= 0.3 is 0 Å². The summed E-state index contributed by atoms with van der Waals surface area (Å²) in [5, 5.41) is 2.82. The van der Waals surface area contributed by atoms with E-state index in [4.69, 9.17) is 4.74 Å². The molecule has 6 heteroatoms. The predicted octanol–water partition coefficient (Wildman–Crippen LogP) is 4.98. The van der Waals surface area contributed by atoms with E-state index in [1.54, 1.807) is 30.3 Å². The third-order valence-corrected chi connectivity index (χ3v) is 4.38. The molecule has 0 aliphatic rings. The fourth-order valence-electron chi connectivity index (χ4n) is 2.06.